The zero-order chi connectivity index (χ0) is 30.3. The van der Waals surface area contributed by atoms with Crippen LogP contribution in [0.2, 0.25) is 0 Å². The molecule has 1 aliphatic heterocycles. The fraction of sp³-hybridized carbons (Fsp3) is 0.281. The number of carbonyl (C=O) groups is 2. The summed E-state index contributed by atoms with van der Waals surface area (Å²) in [5, 5.41) is 8.77. The maximum Gasteiger partial charge on any atom is 0.313 e. The molecule has 1 aromatic heterocycles. The molecular weight excluding hydrogens is 558 g/mol. The van der Waals surface area contributed by atoms with Crippen LogP contribution in [0.4, 0.5) is 14.5 Å². The normalized spacial score (nSPS) is 13.4. The fourth-order valence-corrected chi connectivity index (χ4v) is 4.79. The molecule has 3 aromatic carbocycles. The Hall–Kier alpha value is -4.77. The van der Waals surface area contributed by atoms with Gasteiger partial charge in [-0.25, -0.2) is 8.78 Å². The molecule has 0 saturated carbocycles. The van der Waals surface area contributed by atoms with Gasteiger partial charge in [-0.3, -0.25) is 14.6 Å². The van der Waals surface area contributed by atoms with Crippen molar-refractivity contribution < 1.29 is 32.6 Å². The summed E-state index contributed by atoms with van der Waals surface area (Å²) in [4.78, 5) is 29.0. The summed E-state index contributed by atoms with van der Waals surface area (Å²) in [5.41, 5.74) is 1.72. The molecule has 0 aliphatic carbocycles. The molecule has 9 nitrogen and oxygen atoms in total. The molecular formula is C32H32F2N4O5. The van der Waals surface area contributed by atoms with E-state index in [1.807, 2.05) is 0 Å². The van der Waals surface area contributed by atoms with Gasteiger partial charge in [0, 0.05) is 35.9 Å². The van der Waals surface area contributed by atoms with Gasteiger partial charge in [-0.2, -0.15) is 0 Å². The lowest BCUT2D eigenvalue weighted by Crippen LogP contribution is -2.35. The number of aromatic nitrogens is 1. The van der Waals surface area contributed by atoms with Crippen LogP contribution < -0.4 is 30.2 Å². The summed E-state index contributed by atoms with van der Waals surface area (Å²) in [6, 6.07) is 13.3. The summed E-state index contributed by atoms with van der Waals surface area (Å²) < 4.78 is 46.0. The molecule has 0 radical (unpaired) electrons. The largest absolute Gasteiger partial charge is 0.493 e. The smallest absolute Gasteiger partial charge is 0.313 e. The first-order chi connectivity index (χ1) is 20.8. The van der Waals surface area contributed by atoms with Crippen LogP contribution in [0.5, 0.6) is 23.0 Å². The van der Waals surface area contributed by atoms with Crippen molar-refractivity contribution in [2.45, 2.75) is 26.3 Å². The van der Waals surface area contributed by atoms with Gasteiger partial charge in [-0.1, -0.05) is 12.1 Å². The highest BCUT2D eigenvalue weighted by Crippen LogP contribution is 2.38. The Bertz CT molecular complexity index is 1640. The number of nitrogens with one attached hydrogen (secondary N) is 3. The van der Waals surface area contributed by atoms with Gasteiger partial charge >= 0.3 is 11.8 Å². The van der Waals surface area contributed by atoms with Crippen LogP contribution in [0.1, 0.15) is 24.0 Å². The van der Waals surface area contributed by atoms with Crippen LogP contribution in [0.3, 0.4) is 0 Å². The Morgan fingerprint density at radius 1 is 0.930 bits per heavy atom. The summed E-state index contributed by atoms with van der Waals surface area (Å²) in [6.07, 6.45) is 3.65. The van der Waals surface area contributed by atoms with Crippen LogP contribution in [0.15, 0.2) is 60.8 Å². The predicted molar refractivity (Wildman–Crippen MR) is 157 cm³/mol. The number of fused-ring (bicyclic) bond motifs is 1. The minimum atomic E-state index is -0.975. The second kappa shape index (κ2) is 13.5. The molecule has 0 bridgehead atoms. The highest BCUT2D eigenvalue weighted by Gasteiger charge is 2.18. The van der Waals surface area contributed by atoms with E-state index in [1.54, 1.807) is 44.5 Å². The number of ether oxygens (including phenoxy) is 3. The maximum absolute atomic E-state index is 15.0. The lowest BCUT2D eigenvalue weighted by atomic mass is 9.99. The van der Waals surface area contributed by atoms with Crippen LogP contribution in [0.25, 0.3) is 10.9 Å². The van der Waals surface area contributed by atoms with Gasteiger partial charge in [-0.05, 0) is 80.2 Å². The van der Waals surface area contributed by atoms with E-state index in [0.717, 1.165) is 32.0 Å². The van der Waals surface area contributed by atoms with Crippen LogP contribution in [-0.4, -0.2) is 43.6 Å². The first-order valence-electron chi connectivity index (χ1n) is 13.9. The Kier molecular flexibility index (Phi) is 9.31. The number of hydrogen-bond acceptors (Lipinski definition) is 7. The van der Waals surface area contributed by atoms with Crippen molar-refractivity contribution >= 4 is 28.4 Å². The number of rotatable bonds is 9. The molecule has 2 amide bonds. The molecule has 3 N–H and O–H groups in total. The number of methoxy groups -OCH3 is 1. The number of nitrogens with zero attached hydrogens (tertiary/aromatic N) is 1. The molecule has 0 spiro atoms. The standard InChI is InChI=1S/C32H32F2N4O5/c1-19-13-21(3-5-24(19)33)17-37-31(39)32(40)38-22-4-6-28(25(34)14-22)43-27-9-12-36-26-16-30(29(41-2)15-23(26)27)42-18-20-7-10-35-11-8-20/h3-6,9,12-16,20,35H,7-8,10-11,17-18H2,1-2H3,(H,37,39)(H,38,40). The third-order valence-corrected chi connectivity index (χ3v) is 7.21. The topological polar surface area (TPSA) is 111 Å². The number of piperidine rings is 1. The summed E-state index contributed by atoms with van der Waals surface area (Å²) >= 11 is 0. The van der Waals surface area contributed by atoms with Gasteiger partial charge in [0.05, 0.1) is 19.2 Å². The van der Waals surface area contributed by atoms with Crippen molar-refractivity contribution in [3.63, 3.8) is 0 Å². The average Bonchev–Trinajstić information content (AvgIpc) is 3.01. The number of hydrogen-bond donors (Lipinski definition) is 3. The van der Waals surface area contributed by atoms with Crippen LogP contribution >= 0.6 is 0 Å². The minimum absolute atomic E-state index is 0.0328. The summed E-state index contributed by atoms with van der Waals surface area (Å²) in [7, 11) is 1.55. The van der Waals surface area contributed by atoms with E-state index in [2.05, 4.69) is 20.9 Å². The quantitative estimate of drug-likeness (QED) is 0.228. The van der Waals surface area contributed by atoms with Gasteiger partial charge < -0.3 is 30.2 Å². The van der Waals surface area contributed by atoms with Crippen molar-refractivity contribution in [3.05, 3.63) is 83.6 Å². The summed E-state index contributed by atoms with van der Waals surface area (Å²) in [6.45, 7) is 4.16. The molecule has 2 heterocycles. The molecule has 1 aliphatic rings. The Balaban J connectivity index is 1.24. The third kappa shape index (κ3) is 7.36. The van der Waals surface area contributed by atoms with Crippen LogP contribution in [-0.2, 0) is 16.1 Å². The average molecular weight is 591 g/mol. The van der Waals surface area contributed by atoms with Crippen molar-refractivity contribution in [1.29, 1.82) is 0 Å². The Labute approximate surface area is 247 Å². The highest BCUT2D eigenvalue weighted by molar-refractivity contribution is 6.39. The minimum Gasteiger partial charge on any atom is -0.493 e. The molecule has 0 unspecified atom stereocenters. The number of amides is 2. The van der Waals surface area contributed by atoms with E-state index < -0.39 is 17.6 Å². The van der Waals surface area contributed by atoms with Gasteiger partial charge in [0.1, 0.15) is 11.6 Å². The second-order valence-corrected chi connectivity index (χ2v) is 10.3. The Morgan fingerprint density at radius 2 is 1.74 bits per heavy atom. The van der Waals surface area contributed by atoms with E-state index in [-0.39, 0.29) is 23.8 Å². The summed E-state index contributed by atoms with van der Waals surface area (Å²) in [5.74, 6) is -1.21. The number of anilines is 1. The molecule has 5 rings (SSSR count). The van der Waals surface area contributed by atoms with E-state index in [4.69, 9.17) is 14.2 Å². The van der Waals surface area contributed by atoms with Crippen molar-refractivity contribution in [1.82, 2.24) is 15.6 Å². The van der Waals surface area contributed by atoms with E-state index in [9.17, 15) is 14.0 Å². The zero-order valence-corrected chi connectivity index (χ0v) is 23.8. The second-order valence-electron chi connectivity index (χ2n) is 10.3. The number of carbonyl (C=O) groups excluding carboxylic acids is 2. The molecule has 11 heteroatoms. The van der Waals surface area contributed by atoms with E-state index >= 15 is 4.39 Å². The van der Waals surface area contributed by atoms with E-state index in [0.29, 0.717) is 51.8 Å². The van der Waals surface area contributed by atoms with Crippen LogP contribution in [0, 0.1) is 24.5 Å². The first-order valence-corrected chi connectivity index (χ1v) is 13.9. The van der Waals surface area contributed by atoms with Gasteiger partial charge in [0.25, 0.3) is 0 Å². The first kappa shape index (κ1) is 29.7. The molecule has 43 heavy (non-hydrogen) atoms. The number of pyridine rings is 1. The maximum atomic E-state index is 15.0. The fourth-order valence-electron chi connectivity index (χ4n) is 4.79. The number of benzene rings is 3. The van der Waals surface area contributed by atoms with Crippen molar-refractivity contribution in [3.8, 4) is 23.0 Å². The van der Waals surface area contributed by atoms with Gasteiger partial charge in [-0.15, -0.1) is 0 Å². The molecule has 4 aromatic rings. The third-order valence-electron chi connectivity index (χ3n) is 7.21. The molecule has 1 fully saturated rings. The van der Waals surface area contributed by atoms with E-state index in [1.165, 1.54) is 24.3 Å². The van der Waals surface area contributed by atoms with Crippen molar-refractivity contribution in [2.24, 2.45) is 5.92 Å². The van der Waals surface area contributed by atoms with Gasteiger partial charge in [0.15, 0.2) is 23.1 Å². The molecule has 1 saturated heterocycles. The lowest BCUT2D eigenvalue weighted by Gasteiger charge is -2.23. The highest BCUT2D eigenvalue weighted by atomic mass is 19.1. The number of halogens is 2. The van der Waals surface area contributed by atoms with Crippen molar-refractivity contribution in [2.75, 3.05) is 32.1 Å². The zero-order valence-electron chi connectivity index (χ0n) is 23.8. The molecule has 0 atom stereocenters. The lowest BCUT2D eigenvalue weighted by molar-refractivity contribution is -0.136. The SMILES string of the molecule is COc1cc2c(Oc3ccc(NC(=O)C(=O)NCc4ccc(F)c(C)c4)cc3F)ccnc2cc1OCC1CCNCC1. The monoisotopic (exact) mass is 590 g/mol. The Morgan fingerprint density at radius 3 is 2.49 bits per heavy atom. The van der Waals surface area contributed by atoms with Gasteiger partial charge in [0.2, 0.25) is 0 Å². The molecule has 224 valence electrons. The predicted octanol–water partition coefficient (Wildman–Crippen LogP) is 5.26. The number of aryl methyl sites for hydroxylation is 1.